The summed E-state index contributed by atoms with van der Waals surface area (Å²) in [4.78, 5) is 8.68. The minimum Gasteiger partial charge on any atom is -0.370 e. The Morgan fingerprint density at radius 3 is 2.60 bits per heavy atom. The highest BCUT2D eigenvalue weighted by molar-refractivity contribution is 9.10. The molecular formula is C14H16BrFN4. The normalized spacial score (nSPS) is 10.4. The Labute approximate surface area is 126 Å². The van der Waals surface area contributed by atoms with Crippen molar-refractivity contribution in [1.82, 2.24) is 9.97 Å². The van der Waals surface area contributed by atoms with E-state index in [1.165, 1.54) is 6.07 Å². The van der Waals surface area contributed by atoms with Gasteiger partial charge in [0.2, 0.25) is 0 Å². The lowest BCUT2D eigenvalue weighted by atomic mass is 10.2. The van der Waals surface area contributed by atoms with Crippen molar-refractivity contribution in [2.24, 2.45) is 0 Å². The lowest BCUT2D eigenvalue weighted by Crippen LogP contribution is -2.08. The van der Waals surface area contributed by atoms with Crippen LogP contribution >= 0.6 is 15.9 Å². The Bertz CT molecular complexity index is 631. The first kappa shape index (κ1) is 14.7. The average Bonchev–Trinajstić information content (AvgIpc) is 2.39. The zero-order chi connectivity index (χ0) is 14.7. The quantitative estimate of drug-likeness (QED) is 0.878. The molecule has 6 heteroatoms. The van der Waals surface area contributed by atoms with E-state index in [-0.39, 0.29) is 5.82 Å². The van der Waals surface area contributed by atoms with Crippen LogP contribution in [-0.4, -0.2) is 16.5 Å². The molecule has 0 atom stereocenters. The molecule has 0 fully saturated rings. The second-order valence-electron chi connectivity index (χ2n) is 4.37. The molecule has 0 aliphatic carbocycles. The Balaban J connectivity index is 2.40. The van der Waals surface area contributed by atoms with Crippen molar-refractivity contribution in [2.75, 3.05) is 17.2 Å². The fourth-order valence-corrected chi connectivity index (χ4v) is 2.17. The number of hydrogen-bond acceptors (Lipinski definition) is 4. The van der Waals surface area contributed by atoms with Gasteiger partial charge >= 0.3 is 0 Å². The monoisotopic (exact) mass is 338 g/mol. The number of halogens is 2. The molecule has 0 spiro atoms. The highest BCUT2D eigenvalue weighted by Crippen LogP contribution is 2.27. The summed E-state index contributed by atoms with van der Waals surface area (Å²) in [7, 11) is 0. The largest absolute Gasteiger partial charge is 0.370 e. The molecule has 0 amide bonds. The van der Waals surface area contributed by atoms with Crippen molar-refractivity contribution < 1.29 is 4.39 Å². The lowest BCUT2D eigenvalue weighted by Gasteiger charge is -2.14. The van der Waals surface area contributed by atoms with Crippen LogP contribution in [0.2, 0.25) is 0 Å². The van der Waals surface area contributed by atoms with Crippen LogP contribution in [0.1, 0.15) is 18.3 Å². The minimum absolute atomic E-state index is 0.325. The molecule has 2 N–H and O–H groups in total. The number of nitrogens with zero attached hydrogens (tertiary/aromatic N) is 2. The number of aryl methyl sites for hydroxylation is 1. The topological polar surface area (TPSA) is 49.8 Å². The summed E-state index contributed by atoms with van der Waals surface area (Å²) in [6, 6.07) is 4.74. The molecule has 2 aromatic rings. The second kappa shape index (κ2) is 6.17. The van der Waals surface area contributed by atoms with Gasteiger partial charge in [0.25, 0.3) is 0 Å². The van der Waals surface area contributed by atoms with Crippen molar-refractivity contribution in [3.63, 3.8) is 0 Å². The van der Waals surface area contributed by atoms with E-state index in [1.807, 2.05) is 20.8 Å². The van der Waals surface area contributed by atoms with Crippen LogP contribution in [0.25, 0.3) is 0 Å². The molecule has 0 radical (unpaired) electrons. The van der Waals surface area contributed by atoms with E-state index in [0.29, 0.717) is 17.3 Å². The Morgan fingerprint density at radius 2 is 1.90 bits per heavy atom. The van der Waals surface area contributed by atoms with Crippen molar-refractivity contribution in [3.05, 3.63) is 39.9 Å². The molecule has 1 heterocycles. The van der Waals surface area contributed by atoms with Gasteiger partial charge in [-0.2, -0.15) is 0 Å². The van der Waals surface area contributed by atoms with Crippen LogP contribution in [-0.2, 0) is 0 Å². The Hall–Kier alpha value is -1.69. The van der Waals surface area contributed by atoms with Gasteiger partial charge < -0.3 is 10.6 Å². The van der Waals surface area contributed by atoms with E-state index in [1.54, 1.807) is 12.1 Å². The van der Waals surface area contributed by atoms with Crippen LogP contribution in [0.5, 0.6) is 0 Å². The van der Waals surface area contributed by atoms with Crippen LogP contribution in [0, 0.1) is 19.7 Å². The first-order valence-electron chi connectivity index (χ1n) is 6.32. The van der Waals surface area contributed by atoms with Crippen LogP contribution in [0.4, 0.5) is 21.7 Å². The van der Waals surface area contributed by atoms with Gasteiger partial charge in [-0.3, -0.25) is 0 Å². The Morgan fingerprint density at radius 1 is 1.20 bits per heavy atom. The molecule has 1 aromatic carbocycles. The van der Waals surface area contributed by atoms with Gasteiger partial charge in [0.15, 0.2) is 0 Å². The smallest absolute Gasteiger partial charge is 0.146 e. The molecule has 0 saturated heterocycles. The maximum Gasteiger partial charge on any atom is 0.146 e. The first-order chi connectivity index (χ1) is 9.51. The van der Waals surface area contributed by atoms with Crippen molar-refractivity contribution >= 4 is 33.3 Å². The van der Waals surface area contributed by atoms with Gasteiger partial charge in [-0.15, -0.1) is 0 Å². The molecule has 4 nitrogen and oxygen atoms in total. The van der Waals surface area contributed by atoms with Gasteiger partial charge in [0.05, 0.1) is 5.69 Å². The molecule has 106 valence electrons. The summed E-state index contributed by atoms with van der Waals surface area (Å²) < 4.78 is 14.6. The molecule has 0 bridgehead atoms. The van der Waals surface area contributed by atoms with Gasteiger partial charge in [-0.25, -0.2) is 14.4 Å². The van der Waals surface area contributed by atoms with E-state index in [2.05, 4.69) is 36.5 Å². The van der Waals surface area contributed by atoms with E-state index in [9.17, 15) is 4.39 Å². The van der Waals surface area contributed by atoms with E-state index in [0.717, 1.165) is 22.4 Å². The number of anilines is 3. The first-order valence-corrected chi connectivity index (χ1v) is 7.11. The zero-order valence-corrected chi connectivity index (χ0v) is 13.2. The molecule has 2 rings (SSSR count). The lowest BCUT2D eigenvalue weighted by molar-refractivity contribution is 0.631. The maximum atomic E-state index is 13.8. The Kier molecular flexibility index (Phi) is 4.54. The molecule has 0 unspecified atom stereocenters. The molecule has 0 saturated carbocycles. The number of benzene rings is 1. The highest BCUT2D eigenvalue weighted by Gasteiger charge is 2.11. The van der Waals surface area contributed by atoms with E-state index >= 15 is 0 Å². The van der Waals surface area contributed by atoms with Gasteiger partial charge in [0.1, 0.15) is 23.3 Å². The van der Waals surface area contributed by atoms with E-state index in [4.69, 9.17) is 0 Å². The van der Waals surface area contributed by atoms with Gasteiger partial charge in [-0.05, 0) is 39.0 Å². The summed E-state index contributed by atoms with van der Waals surface area (Å²) in [5.41, 5.74) is 1.24. The minimum atomic E-state index is -0.325. The zero-order valence-electron chi connectivity index (χ0n) is 11.6. The second-order valence-corrected chi connectivity index (χ2v) is 5.29. The molecule has 0 aliphatic rings. The summed E-state index contributed by atoms with van der Waals surface area (Å²) in [5, 5.41) is 6.20. The molecule has 1 aromatic heterocycles. The summed E-state index contributed by atoms with van der Waals surface area (Å²) in [5.74, 6) is 1.67. The van der Waals surface area contributed by atoms with Crippen LogP contribution in [0.15, 0.2) is 22.7 Å². The fourth-order valence-electron chi connectivity index (χ4n) is 1.81. The van der Waals surface area contributed by atoms with E-state index < -0.39 is 0 Å². The molecule has 20 heavy (non-hydrogen) atoms. The third-order valence-electron chi connectivity index (χ3n) is 2.78. The number of aromatic nitrogens is 2. The molecule has 0 aliphatic heterocycles. The summed E-state index contributed by atoms with van der Waals surface area (Å²) in [6.45, 7) is 6.47. The number of rotatable bonds is 4. The van der Waals surface area contributed by atoms with Crippen molar-refractivity contribution in [3.8, 4) is 0 Å². The average molecular weight is 339 g/mol. The van der Waals surface area contributed by atoms with Crippen molar-refractivity contribution in [1.29, 1.82) is 0 Å². The SMILES string of the molecule is CCNc1nc(C)nc(Nc2cc(Br)ccc2F)c1C. The molecular weight excluding hydrogens is 323 g/mol. The predicted molar refractivity (Wildman–Crippen MR) is 83.1 cm³/mol. The standard InChI is InChI=1S/C14H16BrFN4/c1-4-17-13-8(2)14(19-9(3)18-13)20-12-7-10(15)5-6-11(12)16/h5-7H,4H2,1-3H3,(H2,17,18,19,20). The summed E-state index contributed by atoms with van der Waals surface area (Å²) >= 11 is 3.33. The predicted octanol–water partition coefficient (Wildman–Crippen LogP) is 4.17. The van der Waals surface area contributed by atoms with Gasteiger partial charge in [-0.1, -0.05) is 15.9 Å². The van der Waals surface area contributed by atoms with Crippen LogP contribution < -0.4 is 10.6 Å². The van der Waals surface area contributed by atoms with Crippen LogP contribution in [0.3, 0.4) is 0 Å². The van der Waals surface area contributed by atoms with Crippen molar-refractivity contribution in [2.45, 2.75) is 20.8 Å². The fraction of sp³-hybridized carbons (Fsp3) is 0.286. The number of nitrogens with one attached hydrogen (secondary N) is 2. The van der Waals surface area contributed by atoms with Gasteiger partial charge in [0, 0.05) is 16.6 Å². The third-order valence-corrected chi connectivity index (χ3v) is 3.28. The summed E-state index contributed by atoms with van der Waals surface area (Å²) in [6.07, 6.45) is 0. The maximum absolute atomic E-state index is 13.8. The number of hydrogen-bond donors (Lipinski definition) is 2. The third kappa shape index (κ3) is 3.25. The highest BCUT2D eigenvalue weighted by atomic mass is 79.9.